The minimum Gasteiger partial charge on any atom is -0.339 e. The highest BCUT2D eigenvalue weighted by Crippen LogP contribution is 2.32. The van der Waals surface area contributed by atoms with Crippen molar-refractivity contribution in [2.45, 2.75) is 63.3 Å². The third-order valence-corrected chi connectivity index (χ3v) is 8.90. The van der Waals surface area contributed by atoms with E-state index in [0.29, 0.717) is 49.3 Å². The van der Waals surface area contributed by atoms with Crippen LogP contribution in [0.4, 0.5) is 0 Å². The number of hydrogen-bond donors (Lipinski definition) is 0. The van der Waals surface area contributed by atoms with E-state index in [1.54, 1.807) is 13.0 Å². The van der Waals surface area contributed by atoms with E-state index < -0.39 is 10.0 Å². The predicted molar refractivity (Wildman–Crippen MR) is 121 cm³/mol. The average molecular weight is 481 g/mol. The summed E-state index contributed by atoms with van der Waals surface area (Å²) in [5.74, 6) is 0.760. The molecular formula is C22H29ClN4O4S. The van der Waals surface area contributed by atoms with Gasteiger partial charge in [0.1, 0.15) is 4.90 Å². The predicted octanol–water partition coefficient (Wildman–Crippen LogP) is 3.89. The fourth-order valence-electron chi connectivity index (χ4n) is 4.69. The summed E-state index contributed by atoms with van der Waals surface area (Å²) >= 11 is 6.27. The first-order valence-electron chi connectivity index (χ1n) is 11.2. The minimum absolute atomic E-state index is 0.0194. The first-order valence-corrected chi connectivity index (χ1v) is 13.0. The van der Waals surface area contributed by atoms with Crippen LogP contribution in [-0.2, 0) is 14.8 Å². The highest BCUT2D eigenvalue weighted by atomic mass is 35.5. The van der Waals surface area contributed by atoms with E-state index in [2.05, 4.69) is 17.1 Å². The normalized spacial score (nSPS) is 21.1. The number of halogens is 1. The summed E-state index contributed by atoms with van der Waals surface area (Å²) < 4.78 is 33.1. The van der Waals surface area contributed by atoms with Crippen LogP contribution in [0.3, 0.4) is 0 Å². The molecule has 2 aromatic rings. The summed E-state index contributed by atoms with van der Waals surface area (Å²) in [5, 5.41) is 4.00. The quantitative estimate of drug-likeness (QED) is 0.644. The molecule has 32 heavy (non-hydrogen) atoms. The lowest BCUT2D eigenvalue weighted by molar-refractivity contribution is -0.140. The molecule has 1 atom stereocenters. The van der Waals surface area contributed by atoms with E-state index in [1.165, 1.54) is 22.9 Å². The molecule has 3 heterocycles. The lowest BCUT2D eigenvalue weighted by Gasteiger charge is -2.39. The molecule has 1 aromatic carbocycles. The standard InChI is InChI=1S/C22H29ClN4O4S/c1-3-18-6-4-5-11-27(18)22(28)16-9-12-26(13-10-16)32(29,30)20-14-17(7-8-19(20)23)21-24-15(2)31-25-21/h7-8,14,16,18H,3-6,9-13H2,1-2H3/t18-/m1/s1. The second kappa shape index (κ2) is 9.49. The monoisotopic (exact) mass is 480 g/mol. The fraction of sp³-hybridized carbons (Fsp3) is 0.591. The smallest absolute Gasteiger partial charge is 0.244 e. The minimum atomic E-state index is -3.82. The zero-order valence-corrected chi connectivity index (χ0v) is 20.0. The number of sulfonamides is 1. The molecular weight excluding hydrogens is 452 g/mol. The Labute approximate surface area is 194 Å². The number of amides is 1. The summed E-state index contributed by atoms with van der Waals surface area (Å²) in [4.78, 5) is 19.3. The van der Waals surface area contributed by atoms with Crippen LogP contribution in [-0.4, -0.2) is 59.3 Å². The van der Waals surface area contributed by atoms with Gasteiger partial charge in [-0.3, -0.25) is 4.79 Å². The Morgan fingerprint density at radius 3 is 2.59 bits per heavy atom. The number of carbonyl (C=O) groups is 1. The van der Waals surface area contributed by atoms with Gasteiger partial charge in [-0.1, -0.05) is 23.7 Å². The topological polar surface area (TPSA) is 96.6 Å². The van der Waals surface area contributed by atoms with Gasteiger partial charge in [0.25, 0.3) is 0 Å². The van der Waals surface area contributed by atoms with Crippen molar-refractivity contribution in [2.24, 2.45) is 5.92 Å². The number of carbonyl (C=O) groups excluding carboxylic acids is 1. The Kier molecular flexibility index (Phi) is 6.88. The molecule has 0 bridgehead atoms. The van der Waals surface area contributed by atoms with Crippen molar-refractivity contribution in [3.05, 3.63) is 29.1 Å². The Morgan fingerprint density at radius 1 is 1.19 bits per heavy atom. The van der Waals surface area contributed by atoms with Gasteiger partial charge >= 0.3 is 0 Å². The molecule has 0 unspecified atom stereocenters. The summed E-state index contributed by atoms with van der Waals surface area (Å²) in [5.41, 5.74) is 0.519. The molecule has 0 aliphatic carbocycles. The summed E-state index contributed by atoms with van der Waals surface area (Å²) in [6.07, 6.45) is 5.28. The number of aryl methyl sites for hydroxylation is 1. The largest absolute Gasteiger partial charge is 0.339 e. The Balaban J connectivity index is 1.48. The molecule has 4 rings (SSSR count). The summed E-state index contributed by atoms with van der Waals surface area (Å²) in [6.45, 7) is 5.20. The number of likely N-dealkylation sites (tertiary alicyclic amines) is 1. The molecule has 8 nitrogen and oxygen atoms in total. The van der Waals surface area contributed by atoms with Gasteiger partial charge in [0.15, 0.2) is 0 Å². The van der Waals surface area contributed by atoms with Gasteiger partial charge in [-0.05, 0) is 56.7 Å². The first kappa shape index (κ1) is 23.2. The first-order chi connectivity index (χ1) is 15.3. The van der Waals surface area contributed by atoms with Crippen LogP contribution in [0.5, 0.6) is 0 Å². The lowest BCUT2D eigenvalue weighted by atomic mass is 9.92. The third-order valence-electron chi connectivity index (χ3n) is 6.52. The van der Waals surface area contributed by atoms with E-state index in [9.17, 15) is 13.2 Å². The molecule has 0 saturated carbocycles. The Hall–Kier alpha value is -1.97. The van der Waals surface area contributed by atoms with Crippen molar-refractivity contribution in [1.82, 2.24) is 19.3 Å². The van der Waals surface area contributed by atoms with Gasteiger partial charge in [0.05, 0.1) is 5.02 Å². The van der Waals surface area contributed by atoms with Gasteiger partial charge in [-0.2, -0.15) is 9.29 Å². The van der Waals surface area contributed by atoms with E-state index in [4.69, 9.17) is 16.1 Å². The van der Waals surface area contributed by atoms with Crippen LogP contribution in [0.15, 0.2) is 27.6 Å². The molecule has 2 fully saturated rings. The van der Waals surface area contributed by atoms with Gasteiger partial charge in [0, 0.05) is 44.1 Å². The zero-order valence-electron chi connectivity index (χ0n) is 18.5. The van der Waals surface area contributed by atoms with Crippen molar-refractivity contribution in [2.75, 3.05) is 19.6 Å². The number of nitrogens with zero attached hydrogens (tertiary/aromatic N) is 4. The molecule has 10 heteroatoms. The van der Waals surface area contributed by atoms with Crippen molar-refractivity contribution in [1.29, 1.82) is 0 Å². The van der Waals surface area contributed by atoms with Gasteiger partial charge < -0.3 is 9.42 Å². The van der Waals surface area contributed by atoms with Crippen LogP contribution < -0.4 is 0 Å². The molecule has 174 valence electrons. The SMILES string of the molecule is CC[C@@H]1CCCCN1C(=O)C1CCN(S(=O)(=O)c2cc(-c3noc(C)n3)ccc2Cl)CC1. The van der Waals surface area contributed by atoms with Crippen LogP contribution in [0.1, 0.15) is 51.3 Å². The third kappa shape index (κ3) is 4.56. The molecule has 0 spiro atoms. The number of aromatic nitrogens is 2. The summed E-state index contributed by atoms with van der Waals surface area (Å²) in [6, 6.07) is 5.00. The van der Waals surface area contributed by atoms with Crippen molar-refractivity contribution in [3.63, 3.8) is 0 Å². The maximum absolute atomic E-state index is 13.4. The highest BCUT2D eigenvalue weighted by Gasteiger charge is 2.36. The average Bonchev–Trinajstić information content (AvgIpc) is 3.25. The molecule has 2 aliphatic heterocycles. The number of rotatable bonds is 5. The molecule has 1 aromatic heterocycles. The second-order valence-corrected chi connectivity index (χ2v) is 10.9. The van der Waals surface area contributed by atoms with Crippen molar-refractivity contribution >= 4 is 27.5 Å². The maximum Gasteiger partial charge on any atom is 0.244 e. The van der Waals surface area contributed by atoms with Crippen molar-refractivity contribution < 1.29 is 17.7 Å². The number of piperidine rings is 2. The van der Waals surface area contributed by atoms with Gasteiger partial charge in [-0.15, -0.1) is 0 Å². The molecule has 0 N–H and O–H groups in total. The summed E-state index contributed by atoms with van der Waals surface area (Å²) in [7, 11) is -3.82. The Morgan fingerprint density at radius 2 is 1.94 bits per heavy atom. The number of benzene rings is 1. The molecule has 2 saturated heterocycles. The zero-order chi connectivity index (χ0) is 22.9. The van der Waals surface area contributed by atoms with Crippen LogP contribution in [0, 0.1) is 12.8 Å². The van der Waals surface area contributed by atoms with Crippen LogP contribution >= 0.6 is 11.6 Å². The molecule has 0 radical (unpaired) electrons. The Bertz CT molecular complexity index is 1080. The van der Waals surface area contributed by atoms with E-state index in [1.807, 2.05) is 4.90 Å². The highest BCUT2D eigenvalue weighted by molar-refractivity contribution is 7.89. The van der Waals surface area contributed by atoms with E-state index in [0.717, 1.165) is 25.8 Å². The lowest BCUT2D eigenvalue weighted by Crippen LogP contribution is -2.49. The van der Waals surface area contributed by atoms with Gasteiger partial charge in [-0.25, -0.2) is 8.42 Å². The van der Waals surface area contributed by atoms with Crippen molar-refractivity contribution in [3.8, 4) is 11.4 Å². The second-order valence-electron chi connectivity index (χ2n) is 8.55. The van der Waals surface area contributed by atoms with E-state index in [-0.39, 0.29) is 21.7 Å². The van der Waals surface area contributed by atoms with Crippen LogP contribution in [0.2, 0.25) is 5.02 Å². The van der Waals surface area contributed by atoms with E-state index >= 15 is 0 Å². The van der Waals surface area contributed by atoms with Gasteiger partial charge in [0.2, 0.25) is 27.6 Å². The maximum atomic E-state index is 13.4. The number of hydrogen-bond acceptors (Lipinski definition) is 6. The molecule has 1 amide bonds. The fourth-order valence-corrected chi connectivity index (χ4v) is 6.66. The molecule has 2 aliphatic rings. The van der Waals surface area contributed by atoms with Crippen LogP contribution in [0.25, 0.3) is 11.4 Å².